The average molecular weight is 579 g/mol. The summed E-state index contributed by atoms with van der Waals surface area (Å²) in [6, 6.07) is 24.5. The van der Waals surface area contributed by atoms with Gasteiger partial charge in [0.15, 0.2) is 0 Å². The third kappa shape index (κ3) is 6.04. The van der Waals surface area contributed by atoms with Crippen molar-refractivity contribution in [2.24, 2.45) is 0 Å². The summed E-state index contributed by atoms with van der Waals surface area (Å²) in [5.74, 6) is 0.830. The van der Waals surface area contributed by atoms with Gasteiger partial charge in [-0.1, -0.05) is 12.1 Å². The maximum absolute atomic E-state index is 5.32. The molecule has 5 nitrogen and oxygen atoms in total. The molecule has 0 spiro atoms. The van der Waals surface area contributed by atoms with Crippen molar-refractivity contribution < 1.29 is 15.9 Å². The second kappa shape index (κ2) is 11.0. The van der Waals surface area contributed by atoms with Crippen LogP contribution in [0.1, 0.15) is 28.3 Å². The van der Waals surface area contributed by atoms with Crippen molar-refractivity contribution in [2.45, 2.75) is 0 Å². The summed E-state index contributed by atoms with van der Waals surface area (Å²) < 4.78 is 5.32. The van der Waals surface area contributed by atoms with E-state index in [2.05, 4.69) is 64.6 Å². The molecule has 183 valence electrons. The molecule has 0 amide bonds. The molecule has 2 N–H and O–H groups in total. The predicted octanol–water partition coefficient (Wildman–Crippen LogP) is 8.15. The Morgan fingerprint density at radius 1 is 0.667 bits per heavy atom. The first kappa shape index (κ1) is 24.7. The van der Waals surface area contributed by atoms with E-state index < -0.39 is 11.2 Å². The maximum atomic E-state index is 5.32. The number of nitrogens with zero attached hydrogens (tertiary/aromatic N) is 2. The Bertz CT molecular complexity index is 1620. The summed E-state index contributed by atoms with van der Waals surface area (Å²) >= 11 is -1.33. The van der Waals surface area contributed by atoms with E-state index in [4.69, 9.17) is 45.0 Å². The van der Waals surface area contributed by atoms with E-state index in [-0.39, 0.29) is 0 Å². The van der Waals surface area contributed by atoms with E-state index in [1.54, 1.807) is 7.11 Å². The summed E-state index contributed by atoms with van der Waals surface area (Å²) in [7, 11) is 16.3. The number of rotatable bonds is 2. The number of H-pyrrole nitrogens is 2. The normalized spacial score (nSPS) is 12.4. The number of ether oxygens (including phenoxy) is 1. The van der Waals surface area contributed by atoms with Gasteiger partial charge in [0.25, 0.3) is 0 Å². The van der Waals surface area contributed by atoms with Gasteiger partial charge in [-0.25, -0.2) is 9.97 Å². The van der Waals surface area contributed by atoms with Crippen molar-refractivity contribution in [3.8, 4) is 5.75 Å². The molecule has 4 aromatic rings. The van der Waals surface area contributed by atoms with Crippen LogP contribution in [-0.4, -0.2) is 27.0 Å². The van der Waals surface area contributed by atoms with Crippen LogP contribution in [0, 0.1) is 0 Å². The van der Waals surface area contributed by atoms with Crippen molar-refractivity contribution >= 4 is 76.2 Å². The third-order valence-corrected chi connectivity index (χ3v) is 5.57. The Labute approximate surface area is 225 Å². The number of hydrogen-bond acceptors (Lipinski definition) is 3. The van der Waals surface area contributed by atoms with E-state index in [9.17, 15) is 0 Å². The second-order valence-electron chi connectivity index (χ2n) is 7.97. The molecule has 0 aliphatic carbocycles. The molecule has 8 bridgehead atoms. The molecule has 6 rings (SSSR count). The molecule has 1 aromatic carbocycles. The van der Waals surface area contributed by atoms with Gasteiger partial charge in [0.2, 0.25) is 0 Å². The van der Waals surface area contributed by atoms with Crippen molar-refractivity contribution in [3.05, 3.63) is 101 Å². The van der Waals surface area contributed by atoms with Gasteiger partial charge in [-0.3, -0.25) is 0 Å². The number of methoxy groups -OCH3 is 1. The van der Waals surface area contributed by atoms with Gasteiger partial charge < -0.3 is 14.7 Å². The Balaban J connectivity index is 0.000000623. The monoisotopic (exact) mass is 577 g/mol. The number of fused-ring (bicyclic) bond motifs is 8. The van der Waals surface area contributed by atoms with Gasteiger partial charge in [0, 0.05) is 27.6 Å². The van der Waals surface area contributed by atoms with Crippen molar-refractivity contribution in [2.75, 3.05) is 7.11 Å². The Kier molecular flexibility index (Phi) is 7.51. The van der Waals surface area contributed by atoms with Gasteiger partial charge in [0.05, 0.1) is 29.9 Å². The van der Waals surface area contributed by atoms with Crippen LogP contribution in [0.3, 0.4) is 0 Å². The number of aromatic nitrogens is 4. The molecule has 9 heteroatoms. The third-order valence-electron chi connectivity index (χ3n) is 5.57. The SMILES string of the molecule is COc1ccc(C2=Cc3cc4ccc(cc5ccc(cc6nc(cc2n3)C=C6)[nH]5)[nH]4)cc1.[Cl][Fe]([Cl])[Cl]. The number of benzene rings is 1. The van der Waals surface area contributed by atoms with E-state index in [1.807, 2.05) is 36.4 Å². The van der Waals surface area contributed by atoms with Gasteiger partial charge >= 0.3 is 41.5 Å². The fourth-order valence-electron chi connectivity index (χ4n) is 4.02. The first-order valence-electron chi connectivity index (χ1n) is 10.8. The molecule has 3 aromatic heterocycles. The number of nitrogens with one attached hydrogen (secondary N) is 2. The van der Waals surface area contributed by atoms with Crippen LogP contribution in [0.2, 0.25) is 0 Å². The van der Waals surface area contributed by atoms with Crippen LogP contribution < -0.4 is 4.74 Å². The van der Waals surface area contributed by atoms with Crippen molar-refractivity contribution in [3.63, 3.8) is 0 Å². The Morgan fingerprint density at radius 3 is 1.78 bits per heavy atom. The fraction of sp³-hybridized carbons (Fsp3) is 0.0370. The number of hydrogen-bond donors (Lipinski definition) is 2. The molecule has 0 radical (unpaired) electrons. The zero-order chi connectivity index (χ0) is 25.1. The van der Waals surface area contributed by atoms with Gasteiger partial charge in [-0.15, -0.1) is 0 Å². The van der Waals surface area contributed by atoms with Crippen molar-refractivity contribution in [1.29, 1.82) is 0 Å². The van der Waals surface area contributed by atoms with E-state index >= 15 is 0 Å². The van der Waals surface area contributed by atoms with Crippen LogP contribution in [0.5, 0.6) is 5.75 Å². The topological polar surface area (TPSA) is 66.6 Å². The number of aromatic amines is 2. The van der Waals surface area contributed by atoms with Crippen LogP contribution in [0.25, 0.3) is 45.9 Å². The minimum absolute atomic E-state index is 0.830. The average Bonchev–Trinajstić information content (AvgIpc) is 3.64. The first-order chi connectivity index (χ1) is 17.4. The number of halogens is 3. The predicted molar refractivity (Wildman–Crippen MR) is 147 cm³/mol. The molecule has 5 heterocycles. The quantitative estimate of drug-likeness (QED) is 0.204. The van der Waals surface area contributed by atoms with Crippen molar-refractivity contribution in [1.82, 2.24) is 19.9 Å². The fourth-order valence-corrected chi connectivity index (χ4v) is 4.02. The molecule has 0 fully saturated rings. The van der Waals surface area contributed by atoms with E-state index in [0.717, 1.165) is 61.7 Å². The summed E-state index contributed by atoms with van der Waals surface area (Å²) in [4.78, 5) is 16.5. The Hall–Kier alpha value is -2.99. The molecule has 0 unspecified atom stereocenters. The molecular weight excluding hydrogens is 559 g/mol. The molecule has 0 saturated heterocycles. The van der Waals surface area contributed by atoms with Gasteiger partial charge in [-0.05, 0) is 84.5 Å². The summed E-state index contributed by atoms with van der Waals surface area (Å²) in [5.41, 5.74) is 9.78. The summed E-state index contributed by atoms with van der Waals surface area (Å²) in [5, 5.41) is 0. The van der Waals surface area contributed by atoms with E-state index in [1.165, 1.54) is 0 Å². The molecule has 2 aliphatic rings. The molecule has 2 aliphatic heterocycles. The van der Waals surface area contributed by atoms with Crippen LogP contribution in [0.4, 0.5) is 0 Å². The molecule has 0 saturated carbocycles. The Morgan fingerprint density at radius 2 is 1.19 bits per heavy atom. The zero-order valence-corrected chi connectivity index (χ0v) is 22.3. The van der Waals surface area contributed by atoms with Crippen LogP contribution >= 0.6 is 30.3 Å². The summed E-state index contributed by atoms with van der Waals surface area (Å²) in [6.07, 6.45) is 6.16. The van der Waals surface area contributed by atoms with Gasteiger partial charge in [-0.2, -0.15) is 0 Å². The second-order valence-corrected chi connectivity index (χ2v) is 13.4. The molecule has 0 atom stereocenters. The van der Waals surface area contributed by atoms with E-state index in [0.29, 0.717) is 0 Å². The van der Waals surface area contributed by atoms with Gasteiger partial charge in [0.1, 0.15) is 5.75 Å². The standard InChI is InChI=1S/C27H20N4O.3ClH.Fe/c1-32-25-10-2-17(3-11-25)26-15-24-14-22-7-6-20(29-22)12-18-4-5-19(28-18)13-21-8-9-23(30-21)16-27(26)31-24;;;;/h2-16,28-29H,1H3;3*1H;/q;;;;+3/p-3. The molecular formula is C27H20Cl3FeN4O. The first-order valence-corrected chi connectivity index (χ1v) is 15.4. The van der Waals surface area contributed by atoms with Crippen LogP contribution in [-0.2, 0) is 11.2 Å². The molecule has 36 heavy (non-hydrogen) atoms. The summed E-state index contributed by atoms with van der Waals surface area (Å²) in [6.45, 7) is 0. The zero-order valence-electron chi connectivity index (χ0n) is 19.0. The van der Waals surface area contributed by atoms with Crippen LogP contribution in [0.15, 0.2) is 72.8 Å². The minimum atomic E-state index is -1.33.